The third-order valence-electron chi connectivity index (χ3n) is 2.73. The molecule has 7 nitrogen and oxygen atoms in total. The average Bonchev–Trinajstić information content (AvgIpc) is 2.86. The van der Waals surface area contributed by atoms with Gasteiger partial charge >= 0.3 is 0 Å². The van der Waals surface area contributed by atoms with Gasteiger partial charge in [-0.05, 0) is 25.0 Å². The van der Waals surface area contributed by atoms with Crippen molar-refractivity contribution >= 4 is 5.69 Å². The fraction of sp³-hybridized carbons (Fsp3) is 0.333. The van der Waals surface area contributed by atoms with E-state index in [1.54, 1.807) is 13.0 Å². The SMILES string of the molecule is CCC(N)c1noc(-c2cc(C)cc([N+](=O)[O-])c2)n1. The van der Waals surface area contributed by atoms with Gasteiger partial charge in [0, 0.05) is 17.7 Å². The van der Waals surface area contributed by atoms with Crippen LogP contribution in [0.5, 0.6) is 0 Å². The third kappa shape index (κ3) is 2.76. The number of hydrogen-bond acceptors (Lipinski definition) is 6. The molecule has 1 atom stereocenters. The number of nitrogens with two attached hydrogens (primary N) is 1. The summed E-state index contributed by atoms with van der Waals surface area (Å²) in [5, 5.41) is 14.6. The van der Waals surface area contributed by atoms with Crippen LogP contribution in [0.15, 0.2) is 22.7 Å². The number of aryl methyl sites for hydroxylation is 1. The van der Waals surface area contributed by atoms with E-state index in [-0.39, 0.29) is 17.6 Å². The first-order valence-electron chi connectivity index (χ1n) is 5.87. The van der Waals surface area contributed by atoms with Crippen molar-refractivity contribution < 1.29 is 9.45 Å². The highest BCUT2D eigenvalue weighted by Crippen LogP contribution is 2.25. The summed E-state index contributed by atoms with van der Waals surface area (Å²) in [4.78, 5) is 14.5. The lowest BCUT2D eigenvalue weighted by molar-refractivity contribution is -0.384. The van der Waals surface area contributed by atoms with Crippen LogP contribution in [0, 0.1) is 17.0 Å². The number of non-ortho nitro benzene ring substituents is 1. The second-order valence-electron chi connectivity index (χ2n) is 4.29. The maximum Gasteiger partial charge on any atom is 0.270 e. The number of nitrogens with zero attached hydrogens (tertiary/aromatic N) is 3. The van der Waals surface area contributed by atoms with Crippen molar-refractivity contribution in [3.63, 3.8) is 0 Å². The Morgan fingerprint density at radius 3 is 2.84 bits per heavy atom. The molecular weight excluding hydrogens is 248 g/mol. The van der Waals surface area contributed by atoms with Gasteiger partial charge in [0.15, 0.2) is 5.82 Å². The normalized spacial score (nSPS) is 12.4. The summed E-state index contributed by atoms with van der Waals surface area (Å²) in [6.45, 7) is 3.68. The van der Waals surface area contributed by atoms with E-state index < -0.39 is 4.92 Å². The standard InChI is InChI=1S/C12H14N4O3/c1-3-10(13)11-14-12(19-15-11)8-4-7(2)5-9(6-8)16(17)18/h4-6,10H,3,13H2,1-2H3. The molecule has 0 spiro atoms. The molecule has 0 amide bonds. The first kappa shape index (κ1) is 13.2. The maximum atomic E-state index is 10.8. The van der Waals surface area contributed by atoms with E-state index in [4.69, 9.17) is 10.3 Å². The van der Waals surface area contributed by atoms with E-state index in [0.717, 1.165) is 5.56 Å². The molecular formula is C12H14N4O3. The Hall–Kier alpha value is -2.28. The minimum Gasteiger partial charge on any atom is -0.334 e. The summed E-state index contributed by atoms with van der Waals surface area (Å²) < 4.78 is 5.10. The summed E-state index contributed by atoms with van der Waals surface area (Å²) in [5.41, 5.74) is 7.07. The Bertz CT molecular complexity index is 609. The first-order valence-corrected chi connectivity index (χ1v) is 5.87. The lowest BCUT2D eigenvalue weighted by Crippen LogP contribution is -2.10. The van der Waals surface area contributed by atoms with Crippen LogP contribution in [0.25, 0.3) is 11.5 Å². The molecule has 19 heavy (non-hydrogen) atoms. The molecule has 7 heteroatoms. The zero-order valence-electron chi connectivity index (χ0n) is 10.7. The molecule has 0 saturated heterocycles. The maximum absolute atomic E-state index is 10.8. The zero-order chi connectivity index (χ0) is 14.0. The van der Waals surface area contributed by atoms with Gasteiger partial charge in [-0.25, -0.2) is 0 Å². The molecule has 0 radical (unpaired) electrons. The van der Waals surface area contributed by atoms with Crippen LogP contribution < -0.4 is 5.73 Å². The highest BCUT2D eigenvalue weighted by Gasteiger charge is 2.16. The van der Waals surface area contributed by atoms with E-state index in [1.165, 1.54) is 12.1 Å². The van der Waals surface area contributed by atoms with E-state index in [1.807, 2.05) is 6.92 Å². The van der Waals surface area contributed by atoms with Gasteiger partial charge in [-0.3, -0.25) is 10.1 Å². The molecule has 2 rings (SSSR count). The Balaban J connectivity index is 2.41. The van der Waals surface area contributed by atoms with Crippen LogP contribution in [-0.2, 0) is 0 Å². The van der Waals surface area contributed by atoms with Crippen molar-refractivity contribution in [1.29, 1.82) is 0 Å². The molecule has 2 N–H and O–H groups in total. The van der Waals surface area contributed by atoms with Gasteiger partial charge in [-0.1, -0.05) is 12.1 Å². The summed E-state index contributed by atoms with van der Waals surface area (Å²) in [6, 6.07) is 4.35. The predicted octanol–water partition coefficient (Wildman–Crippen LogP) is 2.36. The highest BCUT2D eigenvalue weighted by atomic mass is 16.6. The summed E-state index contributed by atoms with van der Waals surface area (Å²) in [6.07, 6.45) is 0.687. The Morgan fingerprint density at radius 1 is 1.47 bits per heavy atom. The molecule has 0 aliphatic heterocycles. The van der Waals surface area contributed by atoms with E-state index >= 15 is 0 Å². The van der Waals surface area contributed by atoms with Crippen LogP contribution in [0.1, 0.15) is 30.8 Å². The molecule has 1 unspecified atom stereocenters. The minimum absolute atomic E-state index is 0.00506. The molecule has 0 saturated carbocycles. The van der Waals surface area contributed by atoms with Crippen LogP contribution in [0.4, 0.5) is 5.69 Å². The van der Waals surface area contributed by atoms with Gasteiger partial charge in [0.05, 0.1) is 11.0 Å². The second-order valence-corrected chi connectivity index (χ2v) is 4.29. The number of benzene rings is 1. The van der Waals surface area contributed by atoms with Crippen molar-refractivity contribution in [3.8, 4) is 11.5 Å². The molecule has 1 aromatic carbocycles. The van der Waals surface area contributed by atoms with Gasteiger partial charge in [0.25, 0.3) is 11.6 Å². The van der Waals surface area contributed by atoms with Gasteiger partial charge in [0.1, 0.15) is 0 Å². The fourth-order valence-corrected chi connectivity index (χ4v) is 1.68. The van der Waals surface area contributed by atoms with Crippen LogP contribution >= 0.6 is 0 Å². The van der Waals surface area contributed by atoms with E-state index in [2.05, 4.69) is 10.1 Å². The Labute approximate surface area is 109 Å². The van der Waals surface area contributed by atoms with E-state index in [0.29, 0.717) is 17.8 Å². The average molecular weight is 262 g/mol. The second kappa shape index (κ2) is 5.15. The number of rotatable bonds is 4. The quantitative estimate of drug-likeness (QED) is 0.669. The van der Waals surface area contributed by atoms with Crippen molar-refractivity contribution in [2.45, 2.75) is 26.3 Å². The van der Waals surface area contributed by atoms with Crippen LogP contribution in [0.3, 0.4) is 0 Å². The van der Waals surface area contributed by atoms with Crippen LogP contribution in [-0.4, -0.2) is 15.1 Å². The number of aromatic nitrogens is 2. The van der Waals surface area contributed by atoms with Gasteiger partial charge < -0.3 is 10.3 Å². The van der Waals surface area contributed by atoms with Gasteiger partial charge in [-0.2, -0.15) is 4.98 Å². The zero-order valence-corrected chi connectivity index (χ0v) is 10.7. The molecule has 100 valence electrons. The van der Waals surface area contributed by atoms with Crippen molar-refractivity contribution in [1.82, 2.24) is 10.1 Å². The molecule has 2 aromatic rings. The van der Waals surface area contributed by atoms with Gasteiger partial charge in [0.2, 0.25) is 0 Å². The topological polar surface area (TPSA) is 108 Å². The lowest BCUT2D eigenvalue weighted by Gasteiger charge is -2.00. The minimum atomic E-state index is -0.453. The monoisotopic (exact) mass is 262 g/mol. The number of nitro benzene ring substituents is 1. The smallest absolute Gasteiger partial charge is 0.270 e. The molecule has 0 fully saturated rings. The van der Waals surface area contributed by atoms with Crippen molar-refractivity contribution in [2.24, 2.45) is 5.73 Å². The number of nitro groups is 1. The molecule has 1 aromatic heterocycles. The Morgan fingerprint density at radius 2 is 2.21 bits per heavy atom. The summed E-state index contributed by atoms with van der Waals surface area (Å²) in [5.74, 6) is 0.646. The van der Waals surface area contributed by atoms with E-state index in [9.17, 15) is 10.1 Å². The largest absolute Gasteiger partial charge is 0.334 e. The summed E-state index contributed by atoms with van der Waals surface area (Å²) in [7, 11) is 0. The highest BCUT2D eigenvalue weighted by molar-refractivity contribution is 5.59. The molecule has 0 bridgehead atoms. The first-order chi connectivity index (χ1) is 9.01. The van der Waals surface area contributed by atoms with Crippen molar-refractivity contribution in [3.05, 3.63) is 39.7 Å². The third-order valence-corrected chi connectivity index (χ3v) is 2.73. The van der Waals surface area contributed by atoms with Gasteiger partial charge in [-0.15, -0.1) is 0 Å². The fourth-order valence-electron chi connectivity index (χ4n) is 1.68. The van der Waals surface area contributed by atoms with Crippen molar-refractivity contribution in [2.75, 3.05) is 0 Å². The molecule has 0 aliphatic rings. The molecule has 0 aliphatic carbocycles. The van der Waals surface area contributed by atoms with Crippen LogP contribution in [0.2, 0.25) is 0 Å². The summed E-state index contributed by atoms with van der Waals surface area (Å²) >= 11 is 0. The Kier molecular flexibility index (Phi) is 3.57. The predicted molar refractivity (Wildman–Crippen MR) is 68.3 cm³/mol. The lowest BCUT2D eigenvalue weighted by atomic mass is 10.1. The number of hydrogen-bond donors (Lipinski definition) is 1. The molecule has 1 heterocycles.